The van der Waals surface area contributed by atoms with Crippen LogP contribution < -0.4 is 5.30 Å². The van der Waals surface area contributed by atoms with Crippen molar-refractivity contribution >= 4 is 14.5 Å². The zero-order valence-electron chi connectivity index (χ0n) is 10.5. The monoisotopic (exact) mass is 222 g/mol. The van der Waals surface area contributed by atoms with Gasteiger partial charge < -0.3 is 0 Å². The molecule has 0 saturated carbocycles. The molecule has 0 nitrogen and oxygen atoms in total. The van der Waals surface area contributed by atoms with E-state index in [4.69, 9.17) is 0 Å². The molecule has 0 aromatic heterocycles. The minimum absolute atomic E-state index is 1.15. The second-order valence-electron chi connectivity index (χ2n) is 3.97. The highest BCUT2D eigenvalue weighted by Gasteiger charge is 2.11. The van der Waals surface area contributed by atoms with Gasteiger partial charge in [0.05, 0.1) is 0 Å². The van der Waals surface area contributed by atoms with E-state index in [2.05, 4.69) is 43.0 Å². The Morgan fingerprint density at radius 1 is 0.800 bits per heavy atom. The topological polar surface area (TPSA) is 0 Å². The van der Waals surface area contributed by atoms with Gasteiger partial charge in [-0.25, -0.2) is 0 Å². The van der Waals surface area contributed by atoms with E-state index in [1.54, 1.807) is 16.7 Å². The number of hydrogen-bond acceptors (Lipinski definition) is 0. The van der Waals surface area contributed by atoms with Crippen molar-refractivity contribution in [2.45, 2.75) is 53.4 Å². The number of rotatable bonds is 4. The maximum atomic E-state index is 2.90. The van der Waals surface area contributed by atoms with Crippen LogP contribution in [0.4, 0.5) is 0 Å². The highest BCUT2D eigenvalue weighted by molar-refractivity contribution is 7.27. The van der Waals surface area contributed by atoms with Crippen LogP contribution >= 0.6 is 9.24 Å². The quantitative estimate of drug-likeness (QED) is 0.685. The summed E-state index contributed by atoms with van der Waals surface area (Å²) < 4.78 is 0. The van der Waals surface area contributed by atoms with Gasteiger partial charge in [0.2, 0.25) is 0 Å². The Kier molecular flexibility index (Phi) is 4.80. The molecule has 0 heterocycles. The molecule has 0 spiro atoms. The summed E-state index contributed by atoms with van der Waals surface area (Å²) in [4.78, 5) is 0. The number of aryl methyl sites for hydroxylation is 1. The van der Waals surface area contributed by atoms with Crippen molar-refractivity contribution in [3.63, 3.8) is 0 Å². The van der Waals surface area contributed by atoms with Crippen LogP contribution in [0.1, 0.15) is 49.9 Å². The SMILES string of the molecule is CCc1cc(P)c(CC)c(CC)c1CC. The molecule has 1 aromatic rings. The normalized spacial score (nSPS) is 10.7. The Hall–Kier alpha value is -0.350. The van der Waals surface area contributed by atoms with E-state index < -0.39 is 0 Å². The molecule has 1 unspecified atom stereocenters. The van der Waals surface area contributed by atoms with E-state index in [1.807, 2.05) is 0 Å². The Morgan fingerprint density at radius 3 is 1.73 bits per heavy atom. The average Bonchev–Trinajstić information content (AvgIpc) is 2.27. The minimum Gasteiger partial charge on any atom is -0.105 e. The predicted molar refractivity (Wildman–Crippen MR) is 73.3 cm³/mol. The lowest BCUT2D eigenvalue weighted by molar-refractivity contribution is 0.952. The summed E-state index contributed by atoms with van der Waals surface area (Å²) in [6, 6.07) is 2.36. The summed E-state index contributed by atoms with van der Waals surface area (Å²) in [6.45, 7) is 9.06. The third-order valence-electron chi connectivity index (χ3n) is 3.24. The summed E-state index contributed by atoms with van der Waals surface area (Å²) in [5.74, 6) is 0. The highest BCUT2D eigenvalue weighted by atomic mass is 31.0. The molecule has 0 aliphatic carbocycles. The maximum Gasteiger partial charge on any atom is -0.0265 e. The minimum atomic E-state index is 1.15. The van der Waals surface area contributed by atoms with E-state index in [0.717, 1.165) is 12.8 Å². The third kappa shape index (κ3) is 2.42. The predicted octanol–water partition coefficient (Wildman–Crippen LogP) is 3.44. The molecule has 1 aromatic carbocycles. The smallest absolute Gasteiger partial charge is 0.0265 e. The highest BCUT2D eigenvalue weighted by Crippen LogP contribution is 2.22. The third-order valence-corrected chi connectivity index (χ3v) is 3.75. The first-order valence-electron chi connectivity index (χ1n) is 6.11. The lowest BCUT2D eigenvalue weighted by atomic mass is 9.90. The molecular formula is C14H23P. The van der Waals surface area contributed by atoms with Crippen LogP contribution in [0.25, 0.3) is 0 Å². The van der Waals surface area contributed by atoms with Crippen LogP contribution in [0.3, 0.4) is 0 Å². The van der Waals surface area contributed by atoms with Gasteiger partial charge in [-0.15, -0.1) is 9.24 Å². The molecular weight excluding hydrogens is 199 g/mol. The molecule has 84 valence electrons. The van der Waals surface area contributed by atoms with Crippen molar-refractivity contribution in [1.82, 2.24) is 0 Å². The van der Waals surface area contributed by atoms with Crippen LogP contribution in [-0.4, -0.2) is 0 Å². The summed E-state index contributed by atoms with van der Waals surface area (Å²) in [5, 5.41) is 1.41. The fraction of sp³-hybridized carbons (Fsp3) is 0.571. The summed E-state index contributed by atoms with van der Waals surface area (Å²) >= 11 is 0. The summed E-state index contributed by atoms with van der Waals surface area (Å²) in [5.41, 5.74) is 6.29. The lowest BCUT2D eigenvalue weighted by Gasteiger charge is -2.18. The van der Waals surface area contributed by atoms with E-state index >= 15 is 0 Å². The molecule has 1 heteroatoms. The Morgan fingerprint density at radius 2 is 1.33 bits per heavy atom. The van der Waals surface area contributed by atoms with E-state index in [1.165, 1.54) is 23.7 Å². The number of hydrogen-bond donors (Lipinski definition) is 0. The Labute approximate surface area is 96.7 Å². The zero-order chi connectivity index (χ0) is 11.4. The molecule has 0 aliphatic rings. The van der Waals surface area contributed by atoms with E-state index in [9.17, 15) is 0 Å². The molecule has 0 fully saturated rings. The van der Waals surface area contributed by atoms with Gasteiger partial charge in [0.15, 0.2) is 0 Å². The van der Waals surface area contributed by atoms with Crippen LogP contribution in [0.5, 0.6) is 0 Å². The van der Waals surface area contributed by atoms with Crippen molar-refractivity contribution in [3.05, 3.63) is 28.3 Å². The Balaban J connectivity index is 3.44. The standard InChI is InChI=1S/C14H23P/c1-5-10-9-14(15)13(8-4)12(7-3)11(10)6-2/h9H,5-8,15H2,1-4H3. The molecule has 0 aliphatic heterocycles. The van der Waals surface area contributed by atoms with Crippen molar-refractivity contribution in [3.8, 4) is 0 Å². The second-order valence-corrected chi connectivity index (χ2v) is 4.60. The molecule has 0 bridgehead atoms. The van der Waals surface area contributed by atoms with Gasteiger partial charge in [0.1, 0.15) is 0 Å². The molecule has 15 heavy (non-hydrogen) atoms. The van der Waals surface area contributed by atoms with Crippen molar-refractivity contribution in [2.24, 2.45) is 0 Å². The second kappa shape index (κ2) is 5.66. The van der Waals surface area contributed by atoms with Gasteiger partial charge >= 0.3 is 0 Å². The fourth-order valence-corrected chi connectivity index (χ4v) is 3.09. The average molecular weight is 222 g/mol. The molecule has 0 radical (unpaired) electrons. The van der Waals surface area contributed by atoms with Crippen LogP contribution in [0.15, 0.2) is 6.07 Å². The van der Waals surface area contributed by atoms with Crippen LogP contribution in [-0.2, 0) is 25.7 Å². The molecule has 0 amide bonds. The maximum absolute atomic E-state index is 2.90. The van der Waals surface area contributed by atoms with Gasteiger partial charge in [0.25, 0.3) is 0 Å². The van der Waals surface area contributed by atoms with Gasteiger partial charge in [-0.2, -0.15) is 0 Å². The van der Waals surface area contributed by atoms with Gasteiger partial charge in [-0.05, 0) is 53.2 Å². The van der Waals surface area contributed by atoms with Crippen molar-refractivity contribution in [1.29, 1.82) is 0 Å². The Bertz CT molecular complexity index is 340. The first kappa shape index (κ1) is 12.7. The van der Waals surface area contributed by atoms with Gasteiger partial charge in [0, 0.05) is 0 Å². The van der Waals surface area contributed by atoms with E-state index in [0.29, 0.717) is 0 Å². The summed E-state index contributed by atoms with van der Waals surface area (Å²) in [6.07, 6.45) is 4.65. The van der Waals surface area contributed by atoms with Crippen LogP contribution in [0.2, 0.25) is 0 Å². The van der Waals surface area contributed by atoms with Crippen molar-refractivity contribution in [2.75, 3.05) is 0 Å². The largest absolute Gasteiger partial charge is 0.105 e. The molecule has 0 N–H and O–H groups in total. The lowest BCUT2D eigenvalue weighted by Crippen LogP contribution is -2.12. The van der Waals surface area contributed by atoms with Crippen LogP contribution in [0, 0.1) is 0 Å². The number of benzene rings is 1. The first-order valence-corrected chi connectivity index (χ1v) is 6.69. The molecule has 0 saturated heterocycles. The van der Waals surface area contributed by atoms with Gasteiger partial charge in [-0.1, -0.05) is 33.8 Å². The van der Waals surface area contributed by atoms with Gasteiger partial charge in [-0.3, -0.25) is 0 Å². The zero-order valence-corrected chi connectivity index (χ0v) is 11.6. The first-order chi connectivity index (χ1) is 7.19. The molecule has 1 atom stereocenters. The van der Waals surface area contributed by atoms with Crippen molar-refractivity contribution < 1.29 is 0 Å². The molecule has 1 rings (SSSR count). The fourth-order valence-electron chi connectivity index (χ4n) is 2.51. The summed E-state index contributed by atoms with van der Waals surface area (Å²) in [7, 11) is 2.90. The van der Waals surface area contributed by atoms with E-state index in [-0.39, 0.29) is 0 Å².